The molecule has 156 valence electrons. The zero-order valence-corrected chi connectivity index (χ0v) is 17.4. The number of carbonyl (C=O) groups is 1. The molecule has 0 spiro atoms. The maximum atomic E-state index is 13.2. The molecule has 0 fully saturated rings. The second-order valence-electron chi connectivity index (χ2n) is 7.12. The van der Waals surface area contributed by atoms with E-state index in [0.717, 1.165) is 17.7 Å². The standard InChI is InChI=1S/C24H27N3O3/c1-3-19(2)26(18-20-10-6-4-7-11-20)24(29)22-14-15-23(28)27(25-22)16-17-30-21-12-8-5-9-13-21/h4-15,19H,3,16-18H2,1-2H3. The minimum atomic E-state index is -0.263. The molecule has 0 bridgehead atoms. The summed E-state index contributed by atoms with van der Waals surface area (Å²) in [5.74, 6) is 0.537. The normalized spacial score (nSPS) is 11.7. The molecule has 1 amide bonds. The van der Waals surface area contributed by atoms with Gasteiger partial charge in [-0.15, -0.1) is 0 Å². The molecule has 6 heteroatoms. The van der Waals surface area contributed by atoms with Crippen molar-refractivity contribution in [3.63, 3.8) is 0 Å². The Kier molecular flexibility index (Phi) is 7.38. The Morgan fingerprint density at radius 3 is 2.37 bits per heavy atom. The molecule has 0 radical (unpaired) electrons. The fraction of sp³-hybridized carbons (Fsp3) is 0.292. The van der Waals surface area contributed by atoms with Gasteiger partial charge < -0.3 is 9.64 Å². The topological polar surface area (TPSA) is 64.4 Å². The molecule has 6 nitrogen and oxygen atoms in total. The number of para-hydroxylation sites is 1. The number of aromatic nitrogens is 2. The highest BCUT2D eigenvalue weighted by Gasteiger charge is 2.22. The van der Waals surface area contributed by atoms with Crippen LogP contribution in [0.3, 0.4) is 0 Å². The molecular formula is C24H27N3O3. The van der Waals surface area contributed by atoms with Crippen LogP contribution in [-0.2, 0) is 13.1 Å². The summed E-state index contributed by atoms with van der Waals surface area (Å²) in [6.45, 7) is 5.10. The van der Waals surface area contributed by atoms with E-state index in [4.69, 9.17) is 4.74 Å². The average molecular weight is 405 g/mol. The van der Waals surface area contributed by atoms with Gasteiger partial charge in [0.15, 0.2) is 0 Å². The predicted octanol–water partition coefficient (Wildman–Crippen LogP) is 3.76. The van der Waals surface area contributed by atoms with Crippen LogP contribution in [0.25, 0.3) is 0 Å². The first kappa shape index (κ1) is 21.3. The number of carbonyl (C=O) groups excluding carboxylic acids is 1. The fourth-order valence-electron chi connectivity index (χ4n) is 3.07. The third-order valence-electron chi connectivity index (χ3n) is 4.98. The number of amides is 1. The smallest absolute Gasteiger partial charge is 0.274 e. The van der Waals surface area contributed by atoms with E-state index in [0.29, 0.717) is 6.54 Å². The van der Waals surface area contributed by atoms with Crippen LogP contribution in [0.2, 0.25) is 0 Å². The molecule has 0 N–H and O–H groups in total. The summed E-state index contributed by atoms with van der Waals surface area (Å²) in [5.41, 5.74) is 1.04. The number of benzene rings is 2. The molecule has 1 unspecified atom stereocenters. The first-order valence-electron chi connectivity index (χ1n) is 10.2. The molecule has 3 rings (SSSR count). The summed E-state index contributed by atoms with van der Waals surface area (Å²) in [5, 5.41) is 4.32. The summed E-state index contributed by atoms with van der Waals surface area (Å²) in [4.78, 5) is 27.2. The van der Waals surface area contributed by atoms with Gasteiger partial charge in [-0.3, -0.25) is 9.59 Å². The molecule has 1 aromatic heterocycles. The summed E-state index contributed by atoms with van der Waals surface area (Å²) in [6.07, 6.45) is 0.823. The van der Waals surface area contributed by atoms with Crippen LogP contribution in [0.15, 0.2) is 77.6 Å². The molecule has 30 heavy (non-hydrogen) atoms. The lowest BCUT2D eigenvalue weighted by molar-refractivity contribution is 0.0662. The van der Waals surface area contributed by atoms with Crippen molar-refractivity contribution in [1.82, 2.24) is 14.7 Å². The quantitative estimate of drug-likeness (QED) is 0.544. The highest BCUT2D eigenvalue weighted by atomic mass is 16.5. The van der Waals surface area contributed by atoms with Crippen LogP contribution in [0, 0.1) is 0 Å². The van der Waals surface area contributed by atoms with Crippen LogP contribution < -0.4 is 10.3 Å². The summed E-state index contributed by atoms with van der Waals surface area (Å²) < 4.78 is 6.94. The molecule has 0 aliphatic rings. The van der Waals surface area contributed by atoms with Gasteiger partial charge in [-0.2, -0.15) is 5.10 Å². The largest absolute Gasteiger partial charge is 0.492 e. The second kappa shape index (κ2) is 10.4. The zero-order valence-electron chi connectivity index (χ0n) is 17.4. The minimum absolute atomic E-state index is 0.0429. The van der Waals surface area contributed by atoms with E-state index in [1.54, 1.807) is 4.90 Å². The second-order valence-corrected chi connectivity index (χ2v) is 7.12. The van der Waals surface area contributed by atoms with Crippen molar-refractivity contribution in [2.45, 2.75) is 39.4 Å². The summed E-state index contributed by atoms with van der Waals surface area (Å²) in [7, 11) is 0. The molecule has 0 saturated heterocycles. The Hall–Kier alpha value is -3.41. The van der Waals surface area contributed by atoms with E-state index in [1.807, 2.05) is 74.5 Å². The van der Waals surface area contributed by atoms with Crippen LogP contribution in [0.5, 0.6) is 5.75 Å². The highest BCUT2D eigenvalue weighted by Crippen LogP contribution is 2.14. The van der Waals surface area contributed by atoms with E-state index in [9.17, 15) is 9.59 Å². The molecular weight excluding hydrogens is 378 g/mol. The van der Waals surface area contributed by atoms with Gasteiger partial charge in [-0.05, 0) is 37.1 Å². The van der Waals surface area contributed by atoms with Crippen LogP contribution in [-0.4, -0.2) is 33.2 Å². The van der Waals surface area contributed by atoms with Gasteiger partial charge in [0.05, 0.1) is 6.54 Å². The van der Waals surface area contributed by atoms with Crippen molar-refractivity contribution in [3.05, 3.63) is 94.4 Å². The lowest BCUT2D eigenvalue weighted by Crippen LogP contribution is -2.39. The Labute approximate surface area is 176 Å². The van der Waals surface area contributed by atoms with E-state index in [1.165, 1.54) is 16.8 Å². The Bertz CT molecular complexity index is 1000. The summed E-state index contributed by atoms with van der Waals surface area (Å²) in [6, 6.07) is 22.2. The van der Waals surface area contributed by atoms with Gasteiger partial charge >= 0.3 is 0 Å². The SMILES string of the molecule is CCC(C)N(Cc1ccccc1)C(=O)c1ccc(=O)n(CCOc2ccccc2)n1. The maximum Gasteiger partial charge on any atom is 0.274 e. The van der Waals surface area contributed by atoms with Crippen molar-refractivity contribution < 1.29 is 9.53 Å². The van der Waals surface area contributed by atoms with Gasteiger partial charge in [0, 0.05) is 18.7 Å². The van der Waals surface area contributed by atoms with E-state index < -0.39 is 0 Å². The third kappa shape index (κ3) is 5.56. The van der Waals surface area contributed by atoms with E-state index >= 15 is 0 Å². The Morgan fingerprint density at radius 2 is 1.70 bits per heavy atom. The van der Waals surface area contributed by atoms with Crippen LogP contribution >= 0.6 is 0 Å². The van der Waals surface area contributed by atoms with E-state index in [2.05, 4.69) is 5.10 Å². The highest BCUT2D eigenvalue weighted by molar-refractivity contribution is 5.92. The fourth-order valence-corrected chi connectivity index (χ4v) is 3.07. The van der Waals surface area contributed by atoms with Gasteiger partial charge in [-0.1, -0.05) is 55.5 Å². The number of hydrogen-bond acceptors (Lipinski definition) is 4. The Balaban J connectivity index is 1.74. The van der Waals surface area contributed by atoms with Crippen molar-refractivity contribution in [1.29, 1.82) is 0 Å². The van der Waals surface area contributed by atoms with Crippen molar-refractivity contribution in [2.75, 3.05) is 6.61 Å². The molecule has 1 atom stereocenters. The predicted molar refractivity (Wildman–Crippen MR) is 117 cm³/mol. The first-order chi connectivity index (χ1) is 14.6. The Morgan fingerprint density at radius 1 is 1.03 bits per heavy atom. The number of rotatable bonds is 9. The number of ether oxygens (including phenoxy) is 1. The lowest BCUT2D eigenvalue weighted by Gasteiger charge is -2.28. The third-order valence-corrected chi connectivity index (χ3v) is 4.98. The van der Waals surface area contributed by atoms with Crippen LogP contribution in [0.4, 0.5) is 0 Å². The van der Waals surface area contributed by atoms with Gasteiger partial charge in [0.1, 0.15) is 18.1 Å². The van der Waals surface area contributed by atoms with Gasteiger partial charge in [-0.25, -0.2) is 4.68 Å². The van der Waals surface area contributed by atoms with Crippen molar-refractivity contribution >= 4 is 5.91 Å². The molecule has 1 heterocycles. The zero-order chi connectivity index (χ0) is 21.3. The van der Waals surface area contributed by atoms with Crippen molar-refractivity contribution in [3.8, 4) is 5.75 Å². The average Bonchev–Trinajstić information content (AvgIpc) is 2.79. The number of hydrogen-bond donors (Lipinski definition) is 0. The monoisotopic (exact) mass is 405 g/mol. The maximum absolute atomic E-state index is 13.2. The molecule has 0 aliphatic heterocycles. The summed E-state index contributed by atoms with van der Waals surface area (Å²) >= 11 is 0. The van der Waals surface area contributed by atoms with E-state index in [-0.39, 0.29) is 36.4 Å². The lowest BCUT2D eigenvalue weighted by atomic mass is 10.1. The van der Waals surface area contributed by atoms with Crippen LogP contribution in [0.1, 0.15) is 36.3 Å². The minimum Gasteiger partial charge on any atom is -0.492 e. The number of nitrogens with zero attached hydrogens (tertiary/aromatic N) is 3. The molecule has 0 saturated carbocycles. The van der Waals surface area contributed by atoms with Gasteiger partial charge in [0.2, 0.25) is 0 Å². The van der Waals surface area contributed by atoms with Crippen molar-refractivity contribution in [2.24, 2.45) is 0 Å². The van der Waals surface area contributed by atoms with Gasteiger partial charge in [0.25, 0.3) is 11.5 Å². The molecule has 2 aromatic carbocycles. The first-order valence-corrected chi connectivity index (χ1v) is 10.2. The molecule has 0 aliphatic carbocycles. The molecule has 3 aromatic rings.